The summed E-state index contributed by atoms with van der Waals surface area (Å²) >= 11 is 0. The number of nitrogens with zero attached hydrogens (tertiary/aromatic N) is 1. The minimum Gasteiger partial charge on any atom is -0.466 e. The van der Waals surface area contributed by atoms with Crippen LogP contribution in [0.15, 0.2) is 41.3 Å². The molecule has 4 nitrogen and oxygen atoms in total. The molecule has 0 unspecified atom stereocenters. The molecule has 0 aliphatic heterocycles. The molecule has 0 saturated heterocycles. The summed E-state index contributed by atoms with van der Waals surface area (Å²) in [6.07, 6.45) is 2.02. The fraction of sp³-hybridized carbons (Fsp3) is 0.286. The summed E-state index contributed by atoms with van der Waals surface area (Å²) in [6, 6.07) is 8.90. The first-order chi connectivity index (χ1) is 8.72. The highest BCUT2D eigenvalue weighted by Gasteiger charge is 2.05. The molecule has 18 heavy (non-hydrogen) atoms. The van der Waals surface area contributed by atoms with Gasteiger partial charge in [-0.1, -0.05) is 12.1 Å². The van der Waals surface area contributed by atoms with E-state index in [-0.39, 0.29) is 11.4 Å². The second-order valence-corrected chi connectivity index (χ2v) is 3.95. The van der Waals surface area contributed by atoms with Crippen LogP contribution in [0, 0.1) is 0 Å². The standard InChI is InChI=1S/C14H15NO3/c1-2-18-14(17)8-10-15-9-7-13(16)11-5-3-4-6-12(11)15/h3-7,9H,2,8,10H2,1H3. The van der Waals surface area contributed by atoms with Crippen molar-refractivity contribution in [1.29, 1.82) is 0 Å². The van der Waals surface area contributed by atoms with Gasteiger partial charge in [-0.15, -0.1) is 0 Å². The Bertz CT molecular complexity index is 616. The Morgan fingerprint density at radius 1 is 1.28 bits per heavy atom. The van der Waals surface area contributed by atoms with Gasteiger partial charge in [-0.25, -0.2) is 0 Å². The molecule has 0 saturated carbocycles. The van der Waals surface area contributed by atoms with E-state index in [0.29, 0.717) is 25.0 Å². The molecule has 0 aliphatic carbocycles. The summed E-state index contributed by atoms with van der Waals surface area (Å²) in [5.74, 6) is -0.222. The van der Waals surface area contributed by atoms with Gasteiger partial charge in [-0.3, -0.25) is 9.59 Å². The molecule has 4 heteroatoms. The molecule has 0 fully saturated rings. The quantitative estimate of drug-likeness (QED) is 0.773. The Morgan fingerprint density at radius 3 is 2.83 bits per heavy atom. The number of rotatable bonds is 4. The van der Waals surface area contributed by atoms with Crippen LogP contribution in [0.4, 0.5) is 0 Å². The van der Waals surface area contributed by atoms with Crippen molar-refractivity contribution in [3.63, 3.8) is 0 Å². The summed E-state index contributed by atoms with van der Waals surface area (Å²) in [7, 11) is 0. The van der Waals surface area contributed by atoms with Gasteiger partial charge in [0.1, 0.15) is 0 Å². The lowest BCUT2D eigenvalue weighted by Crippen LogP contribution is -2.12. The number of benzene rings is 1. The highest BCUT2D eigenvalue weighted by Crippen LogP contribution is 2.10. The molecule has 0 amide bonds. The van der Waals surface area contributed by atoms with Crippen LogP contribution in [0.2, 0.25) is 0 Å². The number of aromatic nitrogens is 1. The zero-order valence-electron chi connectivity index (χ0n) is 10.3. The summed E-state index contributed by atoms with van der Waals surface area (Å²) < 4.78 is 6.78. The van der Waals surface area contributed by atoms with E-state index in [9.17, 15) is 9.59 Å². The SMILES string of the molecule is CCOC(=O)CCn1ccc(=O)c2ccccc21. The maximum atomic E-state index is 11.7. The Balaban J connectivity index is 2.26. The number of hydrogen-bond acceptors (Lipinski definition) is 3. The third-order valence-corrected chi connectivity index (χ3v) is 2.75. The van der Waals surface area contributed by atoms with E-state index in [4.69, 9.17) is 4.74 Å². The molecule has 0 aliphatic rings. The predicted octanol–water partition coefficient (Wildman–Crippen LogP) is 1.95. The molecule has 0 radical (unpaired) electrons. The van der Waals surface area contributed by atoms with Crippen LogP contribution in [0.25, 0.3) is 10.9 Å². The third kappa shape index (κ3) is 2.59. The second-order valence-electron chi connectivity index (χ2n) is 3.95. The van der Waals surface area contributed by atoms with Gasteiger partial charge in [0, 0.05) is 24.2 Å². The predicted molar refractivity (Wildman–Crippen MR) is 69.5 cm³/mol. The molecule has 0 atom stereocenters. The van der Waals surface area contributed by atoms with E-state index in [0.717, 1.165) is 5.52 Å². The number of carbonyl (C=O) groups is 1. The Morgan fingerprint density at radius 2 is 2.06 bits per heavy atom. The Labute approximate surface area is 105 Å². The van der Waals surface area contributed by atoms with E-state index in [1.807, 2.05) is 22.8 Å². The monoisotopic (exact) mass is 245 g/mol. The number of ether oxygens (including phenoxy) is 1. The van der Waals surface area contributed by atoms with Crippen molar-refractivity contribution in [3.05, 3.63) is 46.8 Å². The van der Waals surface area contributed by atoms with Crippen LogP contribution in [-0.4, -0.2) is 17.1 Å². The largest absolute Gasteiger partial charge is 0.466 e. The lowest BCUT2D eigenvalue weighted by atomic mass is 10.2. The van der Waals surface area contributed by atoms with Crippen molar-refractivity contribution in [2.45, 2.75) is 19.9 Å². The van der Waals surface area contributed by atoms with Crippen LogP contribution in [0.1, 0.15) is 13.3 Å². The summed E-state index contributed by atoms with van der Waals surface area (Å²) in [4.78, 5) is 23.0. The molecule has 1 aromatic heterocycles. The van der Waals surface area contributed by atoms with Crippen LogP contribution in [0.3, 0.4) is 0 Å². The molecule has 0 spiro atoms. The molecule has 2 aromatic rings. The van der Waals surface area contributed by atoms with Gasteiger partial charge in [0.2, 0.25) is 0 Å². The maximum absolute atomic E-state index is 11.7. The fourth-order valence-corrected chi connectivity index (χ4v) is 1.90. The Kier molecular flexibility index (Phi) is 3.77. The molecular weight excluding hydrogens is 230 g/mol. The molecule has 1 heterocycles. The van der Waals surface area contributed by atoms with Gasteiger partial charge in [0.25, 0.3) is 0 Å². The fourth-order valence-electron chi connectivity index (χ4n) is 1.90. The number of para-hydroxylation sites is 1. The van der Waals surface area contributed by atoms with Crippen molar-refractivity contribution >= 4 is 16.9 Å². The topological polar surface area (TPSA) is 48.3 Å². The van der Waals surface area contributed by atoms with Crippen LogP contribution < -0.4 is 5.43 Å². The van der Waals surface area contributed by atoms with Crippen molar-refractivity contribution in [2.24, 2.45) is 0 Å². The van der Waals surface area contributed by atoms with Gasteiger partial charge in [-0.05, 0) is 19.1 Å². The highest BCUT2D eigenvalue weighted by atomic mass is 16.5. The summed E-state index contributed by atoms with van der Waals surface area (Å²) in [6.45, 7) is 2.69. The third-order valence-electron chi connectivity index (χ3n) is 2.75. The number of fused-ring (bicyclic) bond motifs is 1. The number of hydrogen-bond donors (Lipinski definition) is 0. The molecule has 1 aromatic carbocycles. The smallest absolute Gasteiger partial charge is 0.307 e. The second kappa shape index (κ2) is 5.49. The maximum Gasteiger partial charge on any atom is 0.307 e. The first-order valence-electron chi connectivity index (χ1n) is 5.96. The van der Waals surface area contributed by atoms with Gasteiger partial charge in [0.15, 0.2) is 5.43 Å². The van der Waals surface area contributed by atoms with E-state index < -0.39 is 0 Å². The van der Waals surface area contributed by atoms with Crippen molar-refractivity contribution in [3.8, 4) is 0 Å². The molecule has 94 valence electrons. The lowest BCUT2D eigenvalue weighted by Gasteiger charge is -2.09. The zero-order chi connectivity index (χ0) is 13.0. The number of aryl methyl sites for hydroxylation is 1. The normalized spacial score (nSPS) is 10.5. The average molecular weight is 245 g/mol. The van der Waals surface area contributed by atoms with E-state index in [1.54, 1.807) is 19.2 Å². The van der Waals surface area contributed by atoms with Gasteiger partial charge in [-0.2, -0.15) is 0 Å². The first-order valence-corrected chi connectivity index (χ1v) is 5.96. The van der Waals surface area contributed by atoms with Crippen LogP contribution >= 0.6 is 0 Å². The summed E-state index contributed by atoms with van der Waals surface area (Å²) in [5.41, 5.74) is 0.840. The van der Waals surface area contributed by atoms with Crippen LogP contribution in [0.5, 0.6) is 0 Å². The molecule has 2 rings (SSSR count). The average Bonchev–Trinajstić information content (AvgIpc) is 2.39. The number of pyridine rings is 1. The van der Waals surface area contributed by atoms with Gasteiger partial charge < -0.3 is 9.30 Å². The van der Waals surface area contributed by atoms with Gasteiger partial charge >= 0.3 is 5.97 Å². The van der Waals surface area contributed by atoms with Gasteiger partial charge in [0.05, 0.1) is 18.5 Å². The first kappa shape index (κ1) is 12.4. The van der Waals surface area contributed by atoms with Crippen molar-refractivity contribution < 1.29 is 9.53 Å². The number of carbonyl (C=O) groups excluding carboxylic acids is 1. The molecule has 0 bridgehead atoms. The van der Waals surface area contributed by atoms with Crippen LogP contribution in [-0.2, 0) is 16.1 Å². The van der Waals surface area contributed by atoms with Crippen molar-refractivity contribution in [1.82, 2.24) is 4.57 Å². The number of esters is 1. The molecule has 0 N–H and O–H groups in total. The van der Waals surface area contributed by atoms with E-state index in [1.165, 1.54) is 6.07 Å². The Hall–Kier alpha value is -2.10. The minimum atomic E-state index is -0.222. The summed E-state index contributed by atoms with van der Waals surface area (Å²) in [5, 5.41) is 0.670. The zero-order valence-corrected chi connectivity index (χ0v) is 10.3. The minimum absolute atomic E-state index is 0.00187. The van der Waals surface area contributed by atoms with E-state index >= 15 is 0 Å². The van der Waals surface area contributed by atoms with Crippen molar-refractivity contribution in [2.75, 3.05) is 6.61 Å². The molecular formula is C14H15NO3. The lowest BCUT2D eigenvalue weighted by molar-refractivity contribution is -0.143. The van der Waals surface area contributed by atoms with E-state index in [2.05, 4.69) is 0 Å². The highest BCUT2D eigenvalue weighted by molar-refractivity contribution is 5.78.